The maximum atomic E-state index is 6.36. The fourth-order valence-corrected chi connectivity index (χ4v) is 3.32. The van der Waals surface area contributed by atoms with E-state index >= 15 is 0 Å². The number of nitrogens with zero attached hydrogens (tertiary/aromatic N) is 1. The van der Waals surface area contributed by atoms with Gasteiger partial charge >= 0.3 is 0 Å². The molecule has 0 unspecified atom stereocenters. The lowest BCUT2D eigenvalue weighted by atomic mass is 10.1. The smallest absolute Gasteiger partial charge is 0.0642 e. The Morgan fingerprint density at radius 1 is 1.29 bits per heavy atom. The summed E-state index contributed by atoms with van der Waals surface area (Å²) in [6, 6.07) is 6.66. The van der Waals surface area contributed by atoms with Gasteiger partial charge in [0.05, 0.1) is 10.7 Å². The van der Waals surface area contributed by atoms with Gasteiger partial charge in [-0.15, -0.1) is 11.6 Å². The van der Waals surface area contributed by atoms with Gasteiger partial charge in [0.2, 0.25) is 0 Å². The Bertz CT molecular complexity index is 372. The molecular weight excluding hydrogens is 253 g/mol. The highest BCUT2D eigenvalue weighted by atomic mass is 35.5. The molecule has 0 aromatic heterocycles. The van der Waals surface area contributed by atoms with E-state index in [1.165, 1.54) is 25.7 Å². The summed E-state index contributed by atoms with van der Waals surface area (Å²) in [6.45, 7) is 3.19. The summed E-state index contributed by atoms with van der Waals surface area (Å²) in [4.78, 5) is 2.44. The molecule has 0 bridgehead atoms. The fraction of sp³-hybridized carbons (Fsp3) is 0.571. The molecular formula is C14H19Cl2N. The zero-order valence-corrected chi connectivity index (χ0v) is 11.8. The molecule has 1 nitrogen and oxygen atoms in total. The van der Waals surface area contributed by atoms with Crippen LogP contribution in [-0.4, -0.2) is 12.6 Å². The number of alkyl halides is 1. The van der Waals surface area contributed by atoms with E-state index in [2.05, 4.69) is 17.9 Å². The molecule has 0 saturated heterocycles. The van der Waals surface area contributed by atoms with Gasteiger partial charge in [-0.2, -0.15) is 0 Å². The van der Waals surface area contributed by atoms with Crippen LogP contribution in [0.3, 0.4) is 0 Å². The van der Waals surface area contributed by atoms with Gasteiger partial charge in [0.25, 0.3) is 0 Å². The van der Waals surface area contributed by atoms with Crippen molar-refractivity contribution < 1.29 is 0 Å². The standard InChI is InChI=1S/C14H19Cl2N/c1-2-17(12-7-3-4-8-12)14-11(10-15)6-5-9-13(14)16/h5-6,9,12H,2-4,7-8,10H2,1H3. The first-order chi connectivity index (χ1) is 8.27. The Hall–Kier alpha value is -0.400. The van der Waals surface area contributed by atoms with Crippen LogP contribution in [0.5, 0.6) is 0 Å². The molecule has 0 radical (unpaired) electrons. The molecule has 0 N–H and O–H groups in total. The number of rotatable bonds is 4. The van der Waals surface area contributed by atoms with Crippen molar-refractivity contribution in [2.45, 2.75) is 44.5 Å². The van der Waals surface area contributed by atoms with Crippen LogP contribution in [-0.2, 0) is 5.88 Å². The number of anilines is 1. The molecule has 0 heterocycles. The van der Waals surface area contributed by atoms with E-state index in [4.69, 9.17) is 23.2 Å². The molecule has 94 valence electrons. The van der Waals surface area contributed by atoms with Crippen molar-refractivity contribution >= 4 is 28.9 Å². The van der Waals surface area contributed by atoms with Crippen molar-refractivity contribution in [3.8, 4) is 0 Å². The normalized spacial score (nSPS) is 16.4. The van der Waals surface area contributed by atoms with E-state index in [1.54, 1.807) is 0 Å². The largest absolute Gasteiger partial charge is 0.367 e. The van der Waals surface area contributed by atoms with E-state index in [0.717, 1.165) is 22.8 Å². The Morgan fingerprint density at radius 2 is 2.00 bits per heavy atom. The van der Waals surface area contributed by atoms with Crippen LogP contribution in [0.15, 0.2) is 18.2 Å². The number of hydrogen-bond acceptors (Lipinski definition) is 1. The van der Waals surface area contributed by atoms with Crippen molar-refractivity contribution in [3.05, 3.63) is 28.8 Å². The molecule has 2 rings (SSSR count). The second-order valence-corrected chi connectivity index (χ2v) is 5.28. The second-order valence-electron chi connectivity index (χ2n) is 4.61. The molecule has 0 aliphatic heterocycles. The average molecular weight is 272 g/mol. The lowest BCUT2D eigenvalue weighted by molar-refractivity contribution is 0.618. The van der Waals surface area contributed by atoms with Crippen LogP contribution in [0.4, 0.5) is 5.69 Å². The number of benzene rings is 1. The van der Waals surface area contributed by atoms with Crippen LogP contribution < -0.4 is 4.90 Å². The van der Waals surface area contributed by atoms with Crippen molar-refractivity contribution in [2.75, 3.05) is 11.4 Å². The van der Waals surface area contributed by atoms with E-state index in [9.17, 15) is 0 Å². The van der Waals surface area contributed by atoms with E-state index < -0.39 is 0 Å². The van der Waals surface area contributed by atoms with E-state index in [1.807, 2.05) is 12.1 Å². The predicted octanol–water partition coefficient (Wildman–Crippen LogP) is 4.85. The van der Waals surface area contributed by atoms with Crippen LogP contribution in [0.1, 0.15) is 38.2 Å². The minimum atomic E-state index is 0.527. The monoisotopic (exact) mass is 271 g/mol. The SMILES string of the molecule is CCN(c1c(Cl)cccc1CCl)C1CCCC1. The molecule has 3 heteroatoms. The molecule has 1 aromatic rings. The summed E-state index contributed by atoms with van der Waals surface area (Å²) in [6.07, 6.45) is 5.23. The van der Waals surface area contributed by atoms with Crippen LogP contribution in [0.2, 0.25) is 5.02 Å². The summed E-state index contributed by atoms with van der Waals surface area (Å²) in [5.41, 5.74) is 2.30. The molecule has 0 atom stereocenters. The quantitative estimate of drug-likeness (QED) is 0.708. The lowest BCUT2D eigenvalue weighted by Crippen LogP contribution is -2.33. The molecule has 1 aliphatic carbocycles. The van der Waals surface area contributed by atoms with Gasteiger partial charge in [0, 0.05) is 18.5 Å². The highest BCUT2D eigenvalue weighted by Gasteiger charge is 2.24. The first kappa shape index (κ1) is 13.0. The van der Waals surface area contributed by atoms with Gasteiger partial charge < -0.3 is 4.90 Å². The number of halogens is 2. The van der Waals surface area contributed by atoms with E-state index in [-0.39, 0.29) is 0 Å². The molecule has 0 amide bonds. The highest BCUT2D eigenvalue weighted by molar-refractivity contribution is 6.33. The molecule has 1 fully saturated rings. The first-order valence-corrected chi connectivity index (χ1v) is 7.29. The minimum Gasteiger partial charge on any atom is -0.367 e. The maximum absolute atomic E-state index is 6.36. The number of para-hydroxylation sites is 1. The molecule has 1 saturated carbocycles. The molecule has 1 aromatic carbocycles. The van der Waals surface area contributed by atoms with Gasteiger partial charge in [-0.1, -0.05) is 36.6 Å². The van der Waals surface area contributed by atoms with Crippen molar-refractivity contribution in [2.24, 2.45) is 0 Å². The van der Waals surface area contributed by atoms with Crippen molar-refractivity contribution in [1.82, 2.24) is 0 Å². The van der Waals surface area contributed by atoms with Crippen molar-refractivity contribution in [1.29, 1.82) is 0 Å². The van der Waals surface area contributed by atoms with Gasteiger partial charge in [-0.3, -0.25) is 0 Å². The fourth-order valence-electron chi connectivity index (χ4n) is 2.80. The maximum Gasteiger partial charge on any atom is 0.0642 e. The third kappa shape index (κ3) is 2.71. The summed E-state index contributed by atoms with van der Waals surface area (Å²) < 4.78 is 0. The highest BCUT2D eigenvalue weighted by Crippen LogP contribution is 2.36. The van der Waals surface area contributed by atoms with Gasteiger partial charge in [-0.25, -0.2) is 0 Å². The predicted molar refractivity (Wildman–Crippen MR) is 76.3 cm³/mol. The van der Waals surface area contributed by atoms with Gasteiger partial charge in [-0.05, 0) is 31.4 Å². The van der Waals surface area contributed by atoms with Gasteiger partial charge in [0.15, 0.2) is 0 Å². The third-order valence-electron chi connectivity index (χ3n) is 3.61. The summed E-state index contributed by atoms with van der Waals surface area (Å²) in [5, 5.41) is 0.830. The number of hydrogen-bond donors (Lipinski definition) is 0. The summed E-state index contributed by atoms with van der Waals surface area (Å²) in [5.74, 6) is 0.527. The average Bonchev–Trinajstić information content (AvgIpc) is 2.86. The second kappa shape index (κ2) is 5.97. The van der Waals surface area contributed by atoms with Crippen molar-refractivity contribution in [3.63, 3.8) is 0 Å². The third-order valence-corrected chi connectivity index (χ3v) is 4.20. The molecule has 17 heavy (non-hydrogen) atoms. The van der Waals surface area contributed by atoms with Crippen LogP contribution >= 0.6 is 23.2 Å². The van der Waals surface area contributed by atoms with Crippen LogP contribution in [0, 0.1) is 0 Å². The Morgan fingerprint density at radius 3 is 2.59 bits per heavy atom. The Labute approximate surface area is 114 Å². The topological polar surface area (TPSA) is 3.24 Å². The van der Waals surface area contributed by atoms with E-state index in [0.29, 0.717) is 11.9 Å². The Balaban J connectivity index is 2.35. The van der Waals surface area contributed by atoms with Crippen LogP contribution in [0.25, 0.3) is 0 Å². The summed E-state index contributed by atoms with van der Waals surface area (Å²) in [7, 11) is 0. The zero-order valence-electron chi connectivity index (χ0n) is 10.3. The Kier molecular flexibility index (Phi) is 4.58. The molecule has 0 spiro atoms. The lowest BCUT2D eigenvalue weighted by Gasteiger charge is -2.32. The molecule has 1 aliphatic rings. The first-order valence-electron chi connectivity index (χ1n) is 6.38. The van der Waals surface area contributed by atoms with Gasteiger partial charge in [0.1, 0.15) is 0 Å². The zero-order chi connectivity index (χ0) is 12.3. The summed E-state index contributed by atoms with van der Waals surface area (Å²) >= 11 is 12.4. The minimum absolute atomic E-state index is 0.527.